The largest absolute Gasteiger partial charge is 0.481 e. The van der Waals surface area contributed by atoms with E-state index in [0.717, 1.165) is 56.5 Å². The minimum Gasteiger partial charge on any atom is -0.481 e. The van der Waals surface area contributed by atoms with Crippen molar-refractivity contribution in [1.29, 1.82) is 0 Å². The normalized spacial score (nSPS) is 18.9. The fourth-order valence-electron chi connectivity index (χ4n) is 11.0. The Labute approximate surface area is 555 Å². The summed E-state index contributed by atoms with van der Waals surface area (Å²) in [5.41, 5.74) is 9.79. The molecule has 93 heavy (non-hydrogen) atoms. The lowest BCUT2D eigenvalue weighted by Crippen LogP contribution is -2.50. The second-order valence-electron chi connectivity index (χ2n) is 22.5. The van der Waals surface area contributed by atoms with Crippen LogP contribution in [0.15, 0.2) is 93.6 Å². The van der Waals surface area contributed by atoms with E-state index >= 15 is 4.79 Å². The highest BCUT2D eigenvalue weighted by Gasteiger charge is 2.46. The van der Waals surface area contributed by atoms with E-state index in [4.69, 9.17) is 35.6 Å². The van der Waals surface area contributed by atoms with Crippen molar-refractivity contribution in [2.75, 3.05) is 19.6 Å². The maximum atomic E-state index is 15.3. The molecular formula is C63H60N12O12S6. The summed E-state index contributed by atoms with van der Waals surface area (Å²) in [4.78, 5) is 146. The second kappa shape index (κ2) is 28.6. The topological polar surface area (TPSA) is 364 Å². The molecule has 0 radical (unpaired) electrons. The van der Waals surface area contributed by atoms with E-state index in [0.29, 0.717) is 58.8 Å². The van der Waals surface area contributed by atoms with Crippen LogP contribution in [0, 0.1) is 19.8 Å². The number of nitrogens with zero attached hydrogens (tertiary/aromatic N) is 9. The van der Waals surface area contributed by atoms with Crippen LogP contribution in [-0.4, -0.2) is 144 Å². The summed E-state index contributed by atoms with van der Waals surface area (Å²) in [6.07, 6.45) is -3.09. The number of fused-ring (bicyclic) bond motifs is 16. The molecular weight excluding hydrogens is 1310 g/mol. The average molecular weight is 1370 g/mol. The van der Waals surface area contributed by atoms with Gasteiger partial charge < -0.3 is 46.6 Å². The van der Waals surface area contributed by atoms with Gasteiger partial charge >= 0.3 is 11.9 Å². The van der Waals surface area contributed by atoms with Gasteiger partial charge in [0.1, 0.15) is 70.9 Å². The van der Waals surface area contributed by atoms with E-state index in [2.05, 4.69) is 15.6 Å². The van der Waals surface area contributed by atoms with Crippen LogP contribution < -0.4 is 16.4 Å². The van der Waals surface area contributed by atoms with Crippen LogP contribution in [0.3, 0.4) is 0 Å². The molecule has 0 unspecified atom stereocenters. The summed E-state index contributed by atoms with van der Waals surface area (Å²) in [7, 11) is 0. The van der Waals surface area contributed by atoms with Crippen molar-refractivity contribution in [2.45, 2.75) is 102 Å². The van der Waals surface area contributed by atoms with Gasteiger partial charge in [-0.05, 0) is 49.9 Å². The van der Waals surface area contributed by atoms with Gasteiger partial charge in [-0.3, -0.25) is 38.4 Å². The Kier molecular flexibility index (Phi) is 20.2. The zero-order valence-corrected chi connectivity index (χ0v) is 54.9. The Hall–Kier alpha value is -8.75. The number of Topliss-reactive ketones (excluding diaryl/α,β-unsaturated/α-hetero) is 1. The number of aryl methyl sites for hydroxylation is 2. The van der Waals surface area contributed by atoms with Gasteiger partial charge in [-0.15, -0.1) is 68.0 Å². The van der Waals surface area contributed by atoms with E-state index in [1.54, 1.807) is 70.4 Å². The summed E-state index contributed by atoms with van der Waals surface area (Å²) >= 11 is 6.90. The fourth-order valence-corrected chi connectivity index (χ4v) is 16.3. The number of hydrogen-bond donors (Lipinski definition) is 7. The monoisotopic (exact) mass is 1370 g/mol. The number of carbonyl (C=O) groups excluding carboxylic acids is 6. The highest BCUT2D eigenvalue weighted by atomic mass is 32.1. The molecule has 30 heteroatoms. The van der Waals surface area contributed by atoms with E-state index in [9.17, 15) is 54.0 Å². The second-order valence-corrected chi connectivity index (χ2v) is 28.0. The van der Waals surface area contributed by atoms with Crippen molar-refractivity contribution in [3.05, 3.63) is 153 Å². The third-order valence-electron chi connectivity index (χ3n) is 15.8. The van der Waals surface area contributed by atoms with Gasteiger partial charge in [0.15, 0.2) is 5.78 Å². The van der Waals surface area contributed by atoms with Gasteiger partial charge in [-0.25, -0.2) is 34.9 Å². The van der Waals surface area contributed by atoms with Crippen molar-refractivity contribution in [1.82, 2.24) is 55.3 Å². The van der Waals surface area contributed by atoms with Gasteiger partial charge in [-0.1, -0.05) is 67.1 Å². The SMILES string of the molecule is Cc1ccc(C[C@@H]2NC(=O)c3csc(n3)[C@H]([C@H](O)c3ccccc3)CC(=O)c3nc(sc3C)[C@H](CC(N)=O)NC(=O)c3csc(n3)-c3ccc(-c4nc(C(=O)N(CCCC(=O)O)CCCC(=O)O)cs4)nc3-c3csc(n3)-c3csc(n3)[C@@H]3[C@@H](C)[C@@H](O)CN3C2=O)cc1. The molecule has 0 spiro atoms. The lowest BCUT2D eigenvalue weighted by Gasteiger charge is -2.29. The Morgan fingerprint density at radius 2 is 1.28 bits per heavy atom. The molecule has 7 atom stereocenters. The molecule has 24 nitrogen and oxygen atoms in total. The molecule has 5 amide bonds. The molecule has 480 valence electrons. The Bertz CT molecular complexity index is 4270. The number of benzene rings is 2. The Morgan fingerprint density at radius 1 is 0.667 bits per heavy atom. The number of thiazole rings is 6. The smallest absolute Gasteiger partial charge is 0.303 e. The summed E-state index contributed by atoms with van der Waals surface area (Å²) in [5.74, 6) is -7.29. The Morgan fingerprint density at radius 3 is 1.99 bits per heavy atom. The van der Waals surface area contributed by atoms with Crippen LogP contribution in [0.1, 0.15) is 148 Å². The highest BCUT2D eigenvalue weighted by molar-refractivity contribution is 7.15. The molecule has 9 aromatic rings. The molecule has 2 aromatic carbocycles. The summed E-state index contributed by atoms with van der Waals surface area (Å²) < 4.78 is 0. The number of amides is 5. The first-order valence-electron chi connectivity index (χ1n) is 29.4. The number of carbonyl (C=O) groups is 8. The number of primary amides is 1. The number of nitrogens with one attached hydrogen (secondary N) is 2. The third-order valence-corrected chi connectivity index (χ3v) is 21.4. The Balaban J connectivity index is 0.995. The van der Waals surface area contributed by atoms with Gasteiger partial charge in [0.05, 0.1) is 41.4 Å². The van der Waals surface area contributed by atoms with E-state index < -0.39 is 95.8 Å². The van der Waals surface area contributed by atoms with E-state index in [1.165, 1.54) is 38.3 Å². The zero-order valence-electron chi connectivity index (χ0n) is 50.0. The number of aliphatic hydroxyl groups excluding tert-OH is 2. The molecule has 1 saturated heterocycles. The molecule has 8 N–H and O–H groups in total. The van der Waals surface area contributed by atoms with Crippen LogP contribution in [0.2, 0.25) is 0 Å². The number of carboxylic acid groups (broad SMARTS) is 2. The van der Waals surface area contributed by atoms with Crippen molar-refractivity contribution >= 4 is 115 Å². The molecule has 0 aliphatic carbocycles. The van der Waals surface area contributed by atoms with Gasteiger partial charge in [0.2, 0.25) is 11.8 Å². The molecule has 0 saturated carbocycles. The number of carboxylic acids is 2. The van der Waals surface area contributed by atoms with Crippen LogP contribution >= 0.6 is 68.0 Å². The number of rotatable bonds is 16. The van der Waals surface area contributed by atoms with E-state index in [1.807, 2.05) is 38.1 Å². The van der Waals surface area contributed by atoms with Crippen LogP contribution in [0.4, 0.5) is 0 Å². The van der Waals surface area contributed by atoms with Crippen molar-refractivity contribution in [3.8, 4) is 43.4 Å². The summed E-state index contributed by atoms with van der Waals surface area (Å²) in [5, 5.41) is 58.3. The number of ketones is 1. The number of aliphatic hydroxyl groups is 2. The quantitative estimate of drug-likeness (QED) is 0.0474. The average Bonchev–Trinajstić information content (AvgIpc) is 1.81. The molecule has 10 bridgehead atoms. The fraction of sp³-hybridized carbons (Fsp3) is 0.317. The molecule has 1 fully saturated rings. The molecule has 7 aromatic heterocycles. The predicted molar refractivity (Wildman–Crippen MR) is 350 cm³/mol. The van der Waals surface area contributed by atoms with Crippen LogP contribution in [0.5, 0.6) is 0 Å². The number of hydrogen-bond acceptors (Lipinski definition) is 23. The van der Waals surface area contributed by atoms with Gasteiger partial charge in [0, 0.05) is 94.5 Å². The standard InChI is InChI=1S/C63H60N12O12S6/c1-30-13-15-33(16-14-30)21-39-63(87)75-24-46(77)31(2)52(75)61-71-43(28-92-61)59-68-40(25-90-59)51-35(17-18-37(65-51)58-72-44(29-91-58)62(86)74(19-7-11-48(79)80)20-8-12-49(81)82)56-69-41(26-88-56)54(84)66-38(23-47(64)78)60-73-50(32(3)93-60)45(76)22-36(53(83)34-9-5-4-6-10-34)57-70-42(27-89-57)55(85)67-39/h4-6,9-10,13-18,25-29,31,36,38-39,46,52-53,77,83H,7-8,11-12,19-24H2,1-3H3,(H2,64,78)(H,66,84)(H,67,85)(H,79,80)(H,81,82)/t31-,36-,38-,39-,46-,52-,53+/m0/s1. The maximum absolute atomic E-state index is 15.3. The van der Waals surface area contributed by atoms with Crippen molar-refractivity contribution < 1.29 is 58.8 Å². The number of pyridine rings is 1. The van der Waals surface area contributed by atoms with Crippen molar-refractivity contribution in [2.24, 2.45) is 11.7 Å². The molecule has 9 heterocycles. The van der Waals surface area contributed by atoms with Crippen molar-refractivity contribution in [3.63, 3.8) is 0 Å². The summed E-state index contributed by atoms with van der Waals surface area (Å²) in [6.45, 7) is 5.47. The first kappa shape index (κ1) is 65.7. The van der Waals surface area contributed by atoms with E-state index in [-0.39, 0.29) is 91.0 Å². The predicted octanol–water partition coefficient (Wildman–Crippen LogP) is 8.95. The van der Waals surface area contributed by atoms with Crippen LogP contribution in [-0.2, 0) is 25.6 Å². The van der Waals surface area contributed by atoms with Gasteiger partial charge in [0.25, 0.3) is 17.7 Å². The van der Waals surface area contributed by atoms with Crippen LogP contribution in [0.25, 0.3) is 43.4 Å². The lowest BCUT2D eigenvalue weighted by atomic mass is 9.90. The first-order valence-corrected chi connectivity index (χ1v) is 34.6. The first-order chi connectivity index (χ1) is 44.7. The molecule has 11 rings (SSSR count). The molecule has 2 aliphatic rings. The third kappa shape index (κ3) is 15.0. The lowest BCUT2D eigenvalue weighted by molar-refractivity contribution is -0.138. The number of nitrogens with two attached hydrogens (primary N) is 1. The number of aromatic nitrogens is 7. The minimum atomic E-state index is -1.30. The zero-order chi connectivity index (χ0) is 65.8. The summed E-state index contributed by atoms with van der Waals surface area (Å²) in [6, 6.07) is 16.6. The maximum Gasteiger partial charge on any atom is 0.303 e. The number of aliphatic carboxylic acids is 2. The minimum absolute atomic E-state index is 0.0153. The molecule has 2 aliphatic heterocycles. The highest BCUT2D eigenvalue weighted by Crippen LogP contribution is 2.43. The van der Waals surface area contributed by atoms with Gasteiger partial charge in [-0.2, -0.15) is 0 Å².